The number of hydrogen-bond donors (Lipinski definition) is 1. The predicted molar refractivity (Wildman–Crippen MR) is 71.3 cm³/mol. The highest BCUT2D eigenvalue weighted by Gasteiger charge is 2.36. The smallest absolute Gasteiger partial charge is 0.119 e. The van der Waals surface area contributed by atoms with Crippen LogP contribution in [0.25, 0.3) is 0 Å². The average molecular weight is 233 g/mol. The van der Waals surface area contributed by atoms with Gasteiger partial charge in [0.25, 0.3) is 0 Å². The number of rotatable bonds is 6. The molecule has 2 nitrogen and oxygen atoms in total. The first-order valence-electron chi connectivity index (χ1n) is 6.64. The van der Waals surface area contributed by atoms with Gasteiger partial charge in [-0.05, 0) is 43.4 Å². The van der Waals surface area contributed by atoms with Crippen LogP contribution in [-0.4, -0.2) is 13.2 Å². The molecule has 2 heteroatoms. The van der Waals surface area contributed by atoms with Crippen molar-refractivity contribution in [1.29, 1.82) is 0 Å². The lowest BCUT2D eigenvalue weighted by atomic mass is 10.1. The average Bonchev–Trinajstić information content (AvgIpc) is 3.08. The maximum Gasteiger partial charge on any atom is 0.119 e. The summed E-state index contributed by atoms with van der Waals surface area (Å²) in [7, 11) is 1.72. The van der Waals surface area contributed by atoms with Crippen molar-refractivity contribution >= 4 is 0 Å². The van der Waals surface area contributed by atoms with E-state index in [1.54, 1.807) is 7.11 Å². The van der Waals surface area contributed by atoms with E-state index in [4.69, 9.17) is 4.74 Å². The topological polar surface area (TPSA) is 21.3 Å². The summed E-state index contributed by atoms with van der Waals surface area (Å²) in [6.45, 7) is 4.50. The monoisotopic (exact) mass is 233 g/mol. The summed E-state index contributed by atoms with van der Waals surface area (Å²) >= 11 is 0. The molecular formula is C15H23NO. The molecule has 0 aromatic heterocycles. The van der Waals surface area contributed by atoms with Crippen LogP contribution in [0, 0.1) is 5.92 Å². The predicted octanol–water partition coefficient (Wildman–Crippen LogP) is 3.53. The van der Waals surface area contributed by atoms with Gasteiger partial charge in [0.05, 0.1) is 7.11 Å². The highest BCUT2D eigenvalue weighted by Crippen LogP contribution is 2.36. The standard InChI is InChI=1S/C15H23NO/c1-4-6-13-10-15(13)16-11(2)12-7-5-8-14(9-12)17-3/h5,7-9,11,13,15-16H,4,6,10H2,1-3H3. The van der Waals surface area contributed by atoms with Crippen LogP contribution in [0.4, 0.5) is 0 Å². The van der Waals surface area contributed by atoms with Gasteiger partial charge in [-0.3, -0.25) is 0 Å². The highest BCUT2D eigenvalue weighted by atomic mass is 16.5. The van der Waals surface area contributed by atoms with E-state index in [9.17, 15) is 0 Å². The maximum atomic E-state index is 5.26. The Morgan fingerprint density at radius 2 is 2.29 bits per heavy atom. The van der Waals surface area contributed by atoms with Gasteiger partial charge in [0.15, 0.2) is 0 Å². The lowest BCUT2D eigenvalue weighted by Crippen LogP contribution is -2.22. The molecule has 1 aromatic carbocycles. The van der Waals surface area contributed by atoms with Gasteiger partial charge >= 0.3 is 0 Å². The SMILES string of the molecule is CCCC1CC1NC(C)c1cccc(OC)c1. The van der Waals surface area contributed by atoms with Crippen LogP contribution < -0.4 is 10.1 Å². The molecule has 1 N–H and O–H groups in total. The van der Waals surface area contributed by atoms with E-state index in [2.05, 4.69) is 37.4 Å². The molecule has 1 aromatic rings. The van der Waals surface area contributed by atoms with E-state index in [-0.39, 0.29) is 0 Å². The Morgan fingerprint density at radius 1 is 1.47 bits per heavy atom. The minimum absolute atomic E-state index is 0.414. The van der Waals surface area contributed by atoms with Crippen molar-refractivity contribution in [2.24, 2.45) is 5.92 Å². The molecule has 3 atom stereocenters. The van der Waals surface area contributed by atoms with Gasteiger partial charge in [-0.2, -0.15) is 0 Å². The van der Waals surface area contributed by atoms with E-state index in [1.165, 1.54) is 24.8 Å². The molecule has 0 aliphatic heterocycles. The first-order chi connectivity index (χ1) is 8.24. The van der Waals surface area contributed by atoms with Gasteiger partial charge in [-0.15, -0.1) is 0 Å². The Balaban J connectivity index is 1.89. The molecule has 0 spiro atoms. The van der Waals surface area contributed by atoms with Gasteiger partial charge in [0, 0.05) is 12.1 Å². The third-order valence-corrected chi connectivity index (χ3v) is 3.64. The lowest BCUT2D eigenvalue weighted by molar-refractivity contribution is 0.413. The molecule has 94 valence electrons. The number of methoxy groups -OCH3 is 1. The van der Waals surface area contributed by atoms with Gasteiger partial charge in [-0.25, -0.2) is 0 Å². The summed E-state index contributed by atoms with van der Waals surface area (Å²) in [5.74, 6) is 1.85. The third kappa shape index (κ3) is 3.22. The molecule has 0 bridgehead atoms. The third-order valence-electron chi connectivity index (χ3n) is 3.64. The van der Waals surface area contributed by atoms with E-state index in [1.807, 2.05) is 6.07 Å². The minimum Gasteiger partial charge on any atom is -0.497 e. The molecule has 2 rings (SSSR count). The zero-order chi connectivity index (χ0) is 12.3. The Morgan fingerprint density at radius 3 is 3.00 bits per heavy atom. The van der Waals surface area contributed by atoms with Crippen LogP contribution in [-0.2, 0) is 0 Å². The van der Waals surface area contributed by atoms with E-state index in [0.717, 1.165) is 17.7 Å². The molecule has 0 radical (unpaired) electrons. The van der Waals surface area contributed by atoms with Crippen LogP contribution in [0.1, 0.15) is 44.7 Å². The summed E-state index contributed by atoms with van der Waals surface area (Å²) in [6, 6.07) is 9.48. The summed E-state index contributed by atoms with van der Waals surface area (Å²) in [5, 5.41) is 3.70. The maximum absolute atomic E-state index is 5.26. The van der Waals surface area contributed by atoms with Gasteiger partial charge < -0.3 is 10.1 Å². The molecule has 1 aliphatic carbocycles. The molecule has 1 fully saturated rings. The highest BCUT2D eigenvalue weighted by molar-refractivity contribution is 5.30. The van der Waals surface area contributed by atoms with Crippen LogP contribution in [0.5, 0.6) is 5.75 Å². The second-order valence-corrected chi connectivity index (χ2v) is 5.06. The van der Waals surface area contributed by atoms with Crippen molar-refractivity contribution in [2.45, 2.75) is 45.2 Å². The van der Waals surface area contributed by atoms with Crippen molar-refractivity contribution in [2.75, 3.05) is 7.11 Å². The molecule has 0 heterocycles. The van der Waals surface area contributed by atoms with Gasteiger partial charge in [0.2, 0.25) is 0 Å². The second-order valence-electron chi connectivity index (χ2n) is 5.06. The molecule has 1 saturated carbocycles. The Bertz CT molecular complexity index is 364. The first-order valence-corrected chi connectivity index (χ1v) is 6.64. The molecular weight excluding hydrogens is 210 g/mol. The molecule has 3 unspecified atom stereocenters. The van der Waals surface area contributed by atoms with Crippen molar-refractivity contribution < 1.29 is 4.74 Å². The van der Waals surface area contributed by atoms with Crippen LogP contribution in [0.15, 0.2) is 24.3 Å². The molecule has 0 saturated heterocycles. The second kappa shape index (κ2) is 5.54. The largest absolute Gasteiger partial charge is 0.497 e. The van der Waals surface area contributed by atoms with E-state index < -0.39 is 0 Å². The Kier molecular flexibility index (Phi) is 4.06. The van der Waals surface area contributed by atoms with Crippen molar-refractivity contribution in [1.82, 2.24) is 5.32 Å². The zero-order valence-corrected chi connectivity index (χ0v) is 11.1. The minimum atomic E-state index is 0.414. The van der Waals surface area contributed by atoms with Gasteiger partial charge in [0.1, 0.15) is 5.75 Å². The summed E-state index contributed by atoms with van der Waals surface area (Å²) in [6.07, 6.45) is 4.01. The fraction of sp³-hybridized carbons (Fsp3) is 0.600. The number of hydrogen-bond acceptors (Lipinski definition) is 2. The number of nitrogens with one attached hydrogen (secondary N) is 1. The summed E-state index contributed by atoms with van der Waals surface area (Å²) < 4.78 is 5.26. The van der Waals surface area contributed by atoms with Crippen LogP contribution >= 0.6 is 0 Å². The number of benzene rings is 1. The van der Waals surface area contributed by atoms with Crippen molar-refractivity contribution in [3.05, 3.63) is 29.8 Å². The van der Waals surface area contributed by atoms with E-state index >= 15 is 0 Å². The Labute approximate surface area is 104 Å². The Hall–Kier alpha value is -1.02. The molecule has 1 aliphatic rings. The summed E-state index contributed by atoms with van der Waals surface area (Å²) in [5.41, 5.74) is 1.31. The van der Waals surface area contributed by atoms with Crippen molar-refractivity contribution in [3.63, 3.8) is 0 Å². The fourth-order valence-corrected chi connectivity index (χ4v) is 2.47. The molecule has 17 heavy (non-hydrogen) atoms. The number of ether oxygens (including phenoxy) is 1. The zero-order valence-electron chi connectivity index (χ0n) is 11.1. The normalized spacial score (nSPS) is 24.4. The lowest BCUT2D eigenvalue weighted by Gasteiger charge is -2.15. The quantitative estimate of drug-likeness (QED) is 0.811. The first kappa shape index (κ1) is 12.4. The van der Waals surface area contributed by atoms with E-state index in [0.29, 0.717) is 6.04 Å². The van der Waals surface area contributed by atoms with Crippen LogP contribution in [0.2, 0.25) is 0 Å². The van der Waals surface area contributed by atoms with Crippen LogP contribution in [0.3, 0.4) is 0 Å². The fourth-order valence-electron chi connectivity index (χ4n) is 2.47. The molecule has 0 amide bonds. The summed E-state index contributed by atoms with van der Waals surface area (Å²) in [4.78, 5) is 0. The van der Waals surface area contributed by atoms with Gasteiger partial charge in [-0.1, -0.05) is 25.5 Å². The van der Waals surface area contributed by atoms with Crippen molar-refractivity contribution in [3.8, 4) is 5.75 Å².